The number of nitrogens with zero attached hydrogens (tertiary/aromatic N) is 5. The molecule has 1 aliphatic rings. The van der Waals surface area contributed by atoms with Crippen LogP contribution in [0.25, 0.3) is 5.69 Å². The summed E-state index contributed by atoms with van der Waals surface area (Å²) in [5, 5.41) is 13.3. The molecule has 148 valence electrons. The lowest BCUT2D eigenvalue weighted by Crippen LogP contribution is -2.38. The van der Waals surface area contributed by atoms with Gasteiger partial charge in [0.15, 0.2) is 5.16 Å². The second-order valence-corrected chi connectivity index (χ2v) is 8.96. The zero-order valence-corrected chi connectivity index (χ0v) is 18.1. The second kappa shape index (κ2) is 8.63. The van der Waals surface area contributed by atoms with E-state index in [-0.39, 0.29) is 0 Å². The van der Waals surface area contributed by atoms with Crippen LogP contribution in [0.5, 0.6) is 0 Å². The fourth-order valence-corrected chi connectivity index (χ4v) is 4.91. The molecule has 0 radical (unpaired) electrons. The molecule has 0 atom stereocenters. The van der Waals surface area contributed by atoms with Gasteiger partial charge < -0.3 is 9.64 Å². The number of benzene rings is 1. The third-order valence-corrected chi connectivity index (χ3v) is 6.84. The van der Waals surface area contributed by atoms with Crippen LogP contribution in [0.15, 0.2) is 34.8 Å². The molecule has 0 spiro atoms. The average molecular weight is 416 g/mol. The van der Waals surface area contributed by atoms with Crippen molar-refractivity contribution in [2.24, 2.45) is 0 Å². The Bertz CT molecular complexity index is 930. The third kappa shape index (κ3) is 4.09. The molecule has 0 saturated carbocycles. The third-order valence-electron chi connectivity index (χ3n) is 4.68. The fourth-order valence-electron chi connectivity index (χ4n) is 3.14. The quantitative estimate of drug-likeness (QED) is 0.560. The van der Waals surface area contributed by atoms with Crippen molar-refractivity contribution < 1.29 is 4.74 Å². The maximum atomic E-state index is 5.51. The van der Waals surface area contributed by atoms with E-state index in [1.165, 1.54) is 10.6 Å². The SMILES string of the molecule is Cc1ccccc1-n1c(SCc2csc(C(C)C)n2)nnc1N1CCOCC1. The molecule has 4 rings (SSSR count). The number of thiazole rings is 1. The van der Waals surface area contributed by atoms with E-state index in [0.717, 1.165) is 54.5 Å². The number of aromatic nitrogens is 4. The van der Waals surface area contributed by atoms with E-state index in [4.69, 9.17) is 9.72 Å². The van der Waals surface area contributed by atoms with E-state index in [0.29, 0.717) is 5.92 Å². The van der Waals surface area contributed by atoms with Crippen LogP contribution in [0.4, 0.5) is 5.95 Å². The van der Waals surface area contributed by atoms with Crippen LogP contribution < -0.4 is 4.90 Å². The summed E-state index contributed by atoms with van der Waals surface area (Å²) >= 11 is 3.42. The van der Waals surface area contributed by atoms with Crippen molar-refractivity contribution in [3.63, 3.8) is 0 Å². The van der Waals surface area contributed by atoms with E-state index < -0.39 is 0 Å². The highest BCUT2D eigenvalue weighted by Gasteiger charge is 2.22. The van der Waals surface area contributed by atoms with Crippen molar-refractivity contribution >= 4 is 29.0 Å². The van der Waals surface area contributed by atoms with Crippen molar-refractivity contribution in [2.75, 3.05) is 31.2 Å². The van der Waals surface area contributed by atoms with Gasteiger partial charge in [0.25, 0.3) is 0 Å². The van der Waals surface area contributed by atoms with Gasteiger partial charge in [0.2, 0.25) is 5.95 Å². The predicted octanol–water partition coefficient (Wildman–Crippen LogP) is 4.28. The molecular formula is C20H25N5OS2. The molecule has 1 saturated heterocycles. The molecule has 1 aliphatic heterocycles. The van der Waals surface area contributed by atoms with Gasteiger partial charge in [0.05, 0.1) is 29.6 Å². The molecule has 1 aromatic carbocycles. The van der Waals surface area contributed by atoms with Crippen LogP contribution >= 0.6 is 23.1 Å². The topological polar surface area (TPSA) is 56.1 Å². The Hall–Kier alpha value is -1.90. The maximum absolute atomic E-state index is 5.51. The largest absolute Gasteiger partial charge is 0.378 e. The highest BCUT2D eigenvalue weighted by molar-refractivity contribution is 7.98. The summed E-state index contributed by atoms with van der Waals surface area (Å²) in [4.78, 5) is 7.01. The molecule has 0 bridgehead atoms. The molecule has 3 heterocycles. The summed E-state index contributed by atoms with van der Waals surface area (Å²) in [6, 6.07) is 8.39. The highest BCUT2D eigenvalue weighted by Crippen LogP contribution is 2.31. The van der Waals surface area contributed by atoms with Crippen molar-refractivity contribution in [2.45, 2.75) is 37.6 Å². The van der Waals surface area contributed by atoms with Crippen LogP contribution in [0.3, 0.4) is 0 Å². The van der Waals surface area contributed by atoms with Gasteiger partial charge in [-0.25, -0.2) is 4.98 Å². The van der Waals surface area contributed by atoms with Crippen LogP contribution in [-0.4, -0.2) is 46.1 Å². The Balaban J connectivity index is 1.64. The summed E-state index contributed by atoms with van der Waals surface area (Å²) in [5.74, 6) is 2.14. The molecule has 28 heavy (non-hydrogen) atoms. The summed E-state index contributed by atoms with van der Waals surface area (Å²) in [6.45, 7) is 9.59. The summed E-state index contributed by atoms with van der Waals surface area (Å²) in [5.41, 5.74) is 3.43. The predicted molar refractivity (Wildman–Crippen MR) is 115 cm³/mol. The smallest absolute Gasteiger partial charge is 0.232 e. The number of ether oxygens (including phenoxy) is 1. The van der Waals surface area contributed by atoms with Crippen molar-refractivity contribution in [1.29, 1.82) is 0 Å². The first kappa shape index (κ1) is 19.4. The zero-order chi connectivity index (χ0) is 19.5. The Labute approximate surface area is 174 Å². The number of anilines is 1. The van der Waals surface area contributed by atoms with E-state index in [1.807, 2.05) is 0 Å². The van der Waals surface area contributed by atoms with E-state index in [1.54, 1.807) is 23.1 Å². The van der Waals surface area contributed by atoms with Crippen LogP contribution in [0, 0.1) is 6.92 Å². The second-order valence-electron chi connectivity index (χ2n) is 7.12. The molecule has 0 amide bonds. The number of thioether (sulfide) groups is 1. The summed E-state index contributed by atoms with van der Waals surface area (Å²) in [6.07, 6.45) is 0. The molecule has 1 fully saturated rings. The van der Waals surface area contributed by atoms with Crippen molar-refractivity contribution in [3.8, 4) is 5.69 Å². The van der Waals surface area contributed by atoms with Gasteiger partial charge in [-0.1, -0.05) is 43.8 Å². The number of hydrogen-bond donors (Lipinski definition) is 0. The van der Waals surface area contributed by atoms with Gasteiger partial charge in [-0.15, -0.1) is 21.5 Å². The molecule has 0 unspecified atom stereocenters. The van der Waals surface area contributed by atoms with Gasteiger partial charge >= 0.3 is 0 Å². The minimum atomic E-state index is 0.465. The van der Waals surface area contributed by atoms with Gasteiger partial charge in [0.1, 0.15) is 0 Å². The van der Waals surface area contributed by atoms with Gasteiger partial charge in [-0.3, -0.25) is 4.57 Å². The van der Waals surface area contributed by atoms with Gasteiger partial charge in [-0.2, -0.15) is 0 Å². The van der Waals surface area contributed by atoms with Crippen molar-refractivity contribution in [3.05, 3.63) is 45.9 Å². The average Bonchev–Trinajstić information content (AvgIpc) is 3.35. The van der Waals surface area contributed by atoms with Crippen LogP contribution in [0.2, 0.25) is 0 Å². The molecule has 0 N–H and O–H groups in total. The number of hydrogen-bond acceptors (Lipinski definition) is 7. The number of para-hydroxylation sites is 1. The highest BCUT2D eigenvalue weighted by atomic mass is 32.2. The van der Waals surface area contributed by atoms with Crippen LogP contribution in [-0.2, 0) is 10.5 Å². The monoisotopic (exact) mass is 415 g/mol. The Morgan fingerprint density at radius 3 is 2.68 bits per heavy atom. The molecule has 6 nitrogen and oxygen atoms in total. The molecular weight excluding hydrogens is 390 g/mol. The lowest BCUT2D eigenvalue weighted by atomic mass is 10.2. The first-order chi connectivity index (χ1) is 13.6. The Kier molecular flexibility index (Phi) is 5.99. The number of aryl methyl sites for hydroxylation is 1. The Morgan fingerprint density at radius 2 is 1.96 bits per heavy atom. The minimum absolute atomic E-state index is 0.465. The van der Waals surface area contributed by atoms with E-state index in [2.05, 4.69) is 70.1 Å². The fraction of sp³-hybridized carbons (Fsp3) is 0.450. The summed E-state index contributed by atoms with van der Waals surface area (Å²) < 4.78 is 7.69. The van der Waals surface area contributed by atoms with Gasteiger partial charge in [-0.05, 0) is 18.6 Å². The van der Waals surface area contributed by atoms with Crippen LogP contribution in [0.1, 0.15) is 36.0 Å². The first-order valence-corrected chi connectivity index (χ1v) is 11.4. The lowest BCUT2D eigenvalue weighted by Gasteiger charge is -2.28. The normalized spacial score (nSPS) is 14.8. The number of rotatable bonds is 6. The molecule has 0 aliphatic carbocycles. The van der Waals surface area contributed by atoms with E-state index in [9.17, 15) is 0 Å². The standard InChI is InChI=1S/C20H25N5OS2/c1-14(2)18-21-16(12-27-18)13-28-20-23-22-19(24-8-10-26-11-9-24)25(20)17-7-5-4-6-15(17)3/h4-7,12,14H,8-11,13H2,1-3H3. The molecule has 3 aromatic rings. The van der Waals surface area contributed by atoms with E-state index >= 15 is 0 Å². The molecule has 2 aromatic heterocycles. The molecule has 8 heteroatoms. The van der Waals surface area contributed by atoms with Crippen molar-refractivity contribution in [1.82, 2.24) is 19.7 Å². The van der Waals surface area contributed by atoms with Gasteiger partial charge in [0, 0.05) is 30.1 Å². The Morgan fingerprint density at radius 1 is 1.18 bits per heavy atom. The number of morpholine rings is 1. The zero-order valence-electron chi connectivity index (χ0n) is 16.5. The maximum Gasteiger partial charge on any atom is 0.232 e. The summed E-state index contributed by atoms with van der Waals surface area (Å²) in [7, 11) is 0. The lowest BCUT2D eigenvalue weighted by molar-refractivity contribution is 0.122. The first-order valence-electron chi connectivity index (χ1n) is 9.54. The minimum Gasteiger partial charge on any atom is -0.378 e.